The van der Waals surface area contributed by atoms with Gasteiger partial charge in [-0.2, -0.15) is 4.98 Å². The van der Waals surface area contributed by atoms with Gasteiger partial charge in [-0.15, -0.1) is 0 Å². The van der Waals surface area contributed by atoms with Crippen molar-refractivity contribution in [2.24, 2.45) is 0 Å². The predicted molar refractivity (Wildman–Crippen MR) is 149 cm³/mol. The Morgan fingerprint density at radius 2 is 1.79 bits per heavy atom. The van der Waals surface area contributed by atoms with Crippen LogP contribution in [0.4, 0.5) is 22.2 Å². The highest BCUT2D eigenvalue weighted by molar-refractivity contribution is 6.42. The van der Waals surface area contributed by atoms with Gasteiger partial charge in [0.1, 0.15) is 27.4 Å². The van der Waals surface area contributed by atoms with E-state index in [1.165, 1.54) is 15.9 Å². The Kier molecular flexibility index (Phi) is 8.83. The normalized spacial score (nSPS) is 19.0. The number of ether oxygens (including phenoxy) is 2. The van der Waals surface area contributed by atoms with Gasteiger partial charge in [0.25, 0.3) is 0 Å². The van der Waals surface area contributed by atoms with Gasteiger partial charge in [0.2, 0.25) is 11.9 Å². The zero-order valence-corrected chi connectivity index (χ0v) is 23.2. The van der Waals surface area contributed by atoms with Gasteiger partial charge in [0.05, 0.1) is 25.4 Å². The highest BCUT2D eigenvalue weighted by Gasteiger charge is 2.35. The van der Waals surface area contributed by atoms with Crippen LogP contribution in [0.15, 0.2) is 24.9 Å². The van der Waals surface area contributed by atoms with E-state index in [1.807, 2.05) is 13.8 Å². The Labute approximate surface area is 232 Å². The van der Waals surface area contributed by atoms with Gasteiger partial charge >= 0.3 is 6.03 Å². The van der Waals surface area contributed by atoms with E-state index >= 15 is 0 Å². The van der Waals surface area contributed by atoms with Crippen LogP contribution >= 0.6 is 23.2 Å². The van der Waals surface area contributed by atoms with Gasteiger partial charge < -0.3 is 20.1 Å². The Morgan fingerprint density at radius 1 is 1.16 bits per heavy atom. The number of fused-ring (bicyclic) bond motifs is 1. The fraction of sp³-hybridized carbons (Fsp3) is 0.462. The van der Waals surface area contributed by atoms with Crippen LogP contribution in [0.3, 0.4) is 0 Å². The van der Waals surface area contributed by atoms with E-state index < -0.39 is 0 Å². The molecule has 1 fully saturated rings. The maximum absolute atomic E-state index is 13.6. The van der Waals surface area contributed by atoms with Crippen molar-refractivity contribution in [1.82, 2.24) is 15.3 Å². The third-order valence-corrected chi connectivity index (χ3v) is 7.31. The first-order valence-corrected chi connectivity index (χ1v) is 13.4. The Hall–Kier alpha value is -3.24. The molecule has 1 saturated carbocycles. The van der Waals surface area contributed by atoms with E-state index in [0.29, 0.717) is 47.7 Å². The molecular formula is C26H32Cl2N6O4. The molecule has 2 heterocycles. The molecule has 1 aromatic carbocycles. The van der Waals surface area contributed by atoms with Crippen LogP contribution in [0, 0.1) is 0 Å². The molecular weight excluding hydrogens is 531 g/mol. The van der Waals surface area contributed by atoms with Gasteiger partial charge in [-0.05, 0) is 32.8 Å². The Morgan fingerprint density at radius 3 is 2.39 bits per heavy atom. The monoisotopic (exact) mass is 562 g/mol. The molecule has 2 unspecified atom stereocenters. The zero-order chi connectivity index (χ0) is 27.4. The Balaban J connectivity index is 1.63. The molecule has 2 N–H and O–H groups in total. The van der Waals surface area contributed by atoms with Crippen LogP contribution in [-0.4, -0.2) is 54.3 Å². The number of anilines is 3. The van der Waals surface area contributed by atoms with E-state index in [4.69, 9.17) is 32.7 Å². The number of hydrogen-bond acceptors (Lipinski definition) is 7. The number of carbonyl (C=O) groups is 2. The highest BCUT2D eigenvalue weighted by Crippen LogP contribution is 2.48. The highest BCUT2D eigenvalue weighted by atomic mass is 35.5. The summed E-state index contributed by atoms with van der Waals surface area (Å²) in [6, 6.07) is 1.16. The minimum atomic E-state index is -0.365. The number of nitrogens with zero attached hydrogens (tertiary/aromatic N) is 4. The van der Waals surface area contributed by atoms with Crippen LogP contribution in [0.2, 0.25) is 10.0 Å². The summed E-state index contributed by atoms with van der Waals surface area (Å²) in [5, 5.41) is 6.77. The summed E-state index contributed by atoms with van der Waals surface area (Å²) in [7, 11) is 1.63. The van der Waals surface area contributed by atoms with Gasteiger partial charge in [-0.3, -0.25) is 14.6 Å². The van der Waals surface area contributed by atoms with Crippen LogP contribution in [0.5, 0.6) is 11.5 Å². The van der Waals surface area contributed by atoms with Gasteiger partial charge in [-0.25, -0.2) is 9.78 Å². The number of halogens is 2. The van der Waals surface area contributed by atoms with Gasteiger partial charge in [-0.1, -0.05) is 42.6 Å². The number of hydrogen-bond donors (Lipinski definition) is 2. The predicted octanol–water partition coefficient (Wildman–Crippen LogP) is 5.18. The maximum Gasteiger partial charge on any atom is 0.330 e. The number of aromatic nitrogens is 2. The largest absolute Gasteiger partial charge is 0.492 e. The van der Waals surface area contributed by atoms with Crippen molar-refractivity contribution in [3.05, 3.63) is 40.5 Å². The van der Waals surface area contributed by atoms with Gasteiger partial charge in [0.15, 0.2) is 0 Å². The Bertz CT molecular complexity index is 1200. The summed E-state index contributed by atoms with van der Waals surface area (Å²) in [6.45, 7) is 8.13. The van der Waals surface area contributed by atoms with Crippen molar-refractivity contribution in [3.8, 4) is 11.5 Å². The molecule has 38 heavy (non-hydrogen) atoms. The van der Waals surface area contributed by atoms with Crippen molar-refractivity contribution in [3.63, 3.8) is 0 Å². The van der Waals surface area contributed by atoms with Crippen LogP contribution < -0.4 is 29.9 Å². The van der Waals surface area contributed by atoms with Crippen LogP contribution in [-0.2, 0) is 11.3 Å². The molecule has 2 aromatic rings. The van der Waals surface area contributed by atoms with Gasteiger partial charge in [0, 0.05) is 37.0 Å². The zero-order valence-electron chi connectivity index (χ0n) is 21.7. The number of rotatable bonds is 9. The third-order valence-electron chi connectivity index (χ3n) is 6.58. The molecule has 3 amide bonds. The van der Waals surface area contributed by atoms with Crippen LogP contribution in [0.1, 0.15) is 45.1 Å². The quantitative estimate of drug-likeness (QED) is 0.405. The smallest absolute Gasteiger partial charge is 0.330 e. The molecule has 0 radical (unpaired) electrons. The second kappa shape index (κ2) is 12.1. The summed E-state index contributed by atoms with van der Waals surface area (Å²) < 4.78 is 11.4. The number of amides is 3. The van der Waals surface area contributed by atoms with Crippen molar-refractivity contribution in [2.45, 2.75) is 58.2 Å². The molecule has 4 rings (SSSR count). The molecule has 2 aliphatic rings. The fourth-order valence-electron chi connectivity index (χ4n) is 4.77. The van der Waals surface area contributed by atoms with E-state index in [9.17, 15) is 9.59 Å². The van der Waals surface area contributed by atoms with E-state index in [2.05, 4.69) is 27.2 Å². The molecule has 0 bridgehead atoms. The summed E-state index contributed by atoms with van der Waals surface area (Å²) in [6.07, 6.45) is 6.72. The summed E-state index contributed by atoms with van der Waals surface area (Å²) in [5.41, 5.74) is 1.01. The second-order valence-electron chi connectivity index (χ2n) is 9.04. The minimum absolute atomic E-state index is 0.0392. The lowest BCUT2D eigenvalue weighted by atomic mass is 9.90. The molecule has 1 aromatic heterocycles. The lowest BCUT2D eigenvalue weighted by Gasteiger charge is -2.36. The average molecular weight is 563 g/mol. The summed E-state index contributed by atoms with van der Waals surface area (Å²) in [4.78, 5) is 37.5. The van der Waals surface area contributed by atoms with E-state index in [0.717, 1.165) is 25.7 Å². The van der Waals surface area contributed by atoms with Crippen molar-refractivity contribution >= 4 is 52.6 Å². The summed E-state index contributed by atoms with van der Waals surface area (Å²) >= 11 is 13.4. The summed E-state index contributed by atoms with van der Waals surface area (Å²) in [5.74, 6) is 1.40. The van der Waals surface area contributed by atoms with Crippen molar-refractivity contribution < 1.29 is 19.1 Å². The van der Waals surface area contributed by atoms with Crippen molar-refractivity contribution in [2.75, 3.05) is 35.4 Å². The van der Waals surface area contributed by atoms with E-state index in [-0.39, 0.29) is 40.6 Å². The van der Waals surface area contributed by atoms with Crippen molar-refractivity contribution in [1.29, 1.82) is 0 Å². The molecule has 10 nitrogen and oxygen atoms in total. The van der Waals surface area contributed by atoms with Crippen LogP contribution in [0.25, 0.3) is 0 Å². The third kappa shape index (κ3) is 5.61. The first-order valence-electron chi connectivity index (χ1n) is 12.7. The lowest BCUT2D eigenvalue weighted by Crippen LogP contribution is -2.48. The fourth-order valence-corrected chi connectivity index (χ4v) is 5.43. The second-order valence-corrected chi connectivity index (χ2v) is 9.80. The molecule has 2 atom stereocenters. The number of benzene rings is 1. The maximum atomic E-state index is 13.6. The minimum Gasteiger partial charge on any atom is -0.492 e. The molecule has 12 heteroatoms. The average Bonchev–Trinajstić information content (AvgIpc) is 2.91. The SMILES string of the molecule is C=CC(=O)NC1CCCCC1Nc1ncc2c(n1)N(C)C(=O)N(c1c(Cl)c(OCC)cc(OCC)c1Cl)C2. The first-order chi connectivity index (χ1) is 18.3. The molecule has 0 spiro atoms. The molecule has 204 valence electrons. The molecule has 0 saturated heterocycles. The number of urea groups is 1. The first kappa shape index (κ1) is 27.8. The topological polar surface area (TPSA) is 109 Å². The standard InChI is InChI=1S/C26H32Cl2N6O4/c1-5-20(35)30-16-10-8-9-11-17(16)31-25-29-13-15-14-34(26(36)33(4)24(15)32-25)23-21(27)18(37-6-2)12-19(22(23)28)38-7-3/h5,12-13,16-17H,1,6-11,14H2,2-4H3,(H,30,35)(H,29,31,32). The van der Waals surface area contributed by atoms with E-state index in [1.54, 1.807) is 19.3 Å². The lowest BCUT2D eigenvalue weighted by molar-refractivity contribution is -0.117. The molecule has 1 aliphatic heterocycles. The number of nitrogens with one attached hydrogen (secondary N) is 2. The number of carbonyl (C=O) groups excluding carboxylic acids is 2. The molecule has 1 aliphatic carbocycles.